The zero-order chi connectivity index (χ0) is 21.7. The molecule has 3 aliphatic rings. The van der Waals surface area contributed by atoms with Crippen LogP contribution in [-0.2, 0) is 4.79 Å². The molecular formula is C26H26N4O2. The van der Waals surface area contributed by atoms with E-state index in [4.69, 9.17) is 4.98 Å². The van der Waals surface area contributed by atoms with Gasteiger partial charge in [-0.1, -0.05) is 24.3 Å². The maximum atomic E-state index is 13.8. The monoisotopic (exact) mass is 426 g/mol. The van der Waals surface area contributed by atoms with Gasteiger partial charge in [0.15, 0.2) is 0 Å². The van der Waals surface area contributed by atoms with E-state index in [1.807, 2.05) is 53.4 Å². The smallest absolute Gasteiger partial charge is 0.254 e. The van der Waals surface area contributed by atoms with Gasteiger partial charge in [0, 0.05) is 43.7 Å². The summed E-state index contributed by atoms with van der Waals surface area (Å²) in [5.74, 6) is 1.10. The van der Waals surface area contributed by atoms with Gasteiger partial charge in [-0.3, -0.25) is 14.6 Å². The van der Waals surface area contributed by atoms with Crippen molar-refractivity contribution in [3.8, 4) is 11.4 Å². The molecule has 0 spiro atoms. The number of nitrogens with zero attached hydrogens (tertiary/aromatic N) is 4. The van der Waals surface area contributed by atoms with Crippen LogP contribution in [0.15, 0.2) is 54.7 Å². The van der Waals surface area contributed by atoms with E-state index in [0.29, 0.717) is 48.0 Å². The Bertz CT molecular complexity index is 1190. The first-order valence-corrected chi connectivity index (χ1v) is 11.6. The lowest BCUT2D eigenvalue weighted by Crippen LogP contribution is -2.61. The molecule has 3 fully saturated rings. The Morgan fingerprint density at radius 2 is 1.88 bits per heavy atom. The molecule has 0 radical (unpaired) electrons. The fraction of sp³-hybridized carbons (Fsp3) is 0.385. The Kier molecular flexibility index (Phi) is 4.67. The van der Waals surface area contributed by atoms with E-state index < -0.39 is 0 Å². The molecule has 6 rings (SSSR count). The van der Waals surface area contributed by atoms with Crippen LogP contribution in [0.25, 0.3) is 22.3 Å². The minimum Gasteiger partial charge on any atom is -0.339 e. The molecule has 3 saturated heterocycles. The Balaban J connectivity index is 1.36. The number of amides is 2. The highest BCUT2D eigenvalue weighted by atomic mass is 16.2. The van der Waals surface area contributed by atoms with E-state index in [1.165, 1.54) is 0 Å². The van der Waals surface area contributed by atoms with Crippen LogP contribution in [0.5, 0.6) is 0 Å². The summed E-state index contributed by atoms with van der Waals surface area (Å²) in [7, 11) is 0. The maximum absolute atomic E-state index is 13.8. The molecule has 2 bridgehead atoms. The summed E-state index contributed by atoms with van der Waals surface area (Å²) in [5, 5.41) is 0.877. The van der Waals surface area contributed by atoms with Crippen molar-refractivity contribution in [3.05, 3.63) is 60.3 Å². The largest absolute Gasteiger partial charge is 0.339 e. The minimum absolute atomic E-state index is 0.0612. The second-order valence-electron chi connectivity index (χ2n) is 9.36. The second kappa shape index (κ2) is 7.69. The molecule has 162 valence electrons. The van der Waals surface area contributed by atoms with Gasteiger partial charge in [-0.15, -0.1) is 0 Å². The summed E-state index contributed by atoms with van der Waals surface area (Å²) in [4.78, 5) is 39.7. The number of pyridine rings is 2. The van der Waals surface area contributed by atoms with Crippen LogP contribution in [0.3, 0.4) is 0 Å². The molecule has 6 nitrogen and oxygen atoms in total. The molecule has 1 aromatic carbocycles. The topological polar surface area (TPSA) is 66.4 Å². The number of para-hydroxylation sites is 1. The van der Waals surface area contributed by atoms with Crippen molar-refractivity contribution in [3.63, 3.8) is 0 Å². The Labute approximate surface area is 187 Å². The molecule has 5 heterocycles. The number of rotatable bonds is 2. The SMILES string of the molecule is O=C(c1cc(-c2ccccn2)nc2ccccc12)N1C[C@H]2C[C@@H](C1)[C@@H]1CCCC(=O)N1C2. The summed E-state index contributed by atoms with van der Waals surface area (Å²) in [5.41, 5.74) is 2.97. The lowest BCUT2D eigenvalue weighted by Gasteiger charge is -2.52. The highest BCUT2D eigenvalue weighted by Gasteiger charge is 2.45. The van der Waals surface area contributed by atoms with E-state index >= 15 is 0 Å². The van der Waals surface area contributed by atoms with Crippen molar-refractivity contribution in [1.29, 1.82) is 0 Å². The number of fused-ring (bicyclic) bond motifs is 5. The van der Waals surface area contributed by atoms with E-state index in [1.54, 1.807) is 6.20 Å². The lowest BCUT2D eigenvalue weighted by atomic mass is 9.76. The third-order valence-electron chi connectivity index (χ3n) is 7.34. The van der Waals surface area contributed by atoms with Crippen molar-refractivity contribution < 1.29 is 9.59 Å². The van der Waals surface area contributed by atoms with Crippen molar-refractivity contribution in [2.24, 2.45) is 11.8 Å². The number of piperidine rings is 3. The lowest BCUT2D eigenvalue weighted by molar-refractivity contribution is -0.144. The predicted molar refractivity (Wildman–Crippen MR) is 122 cm³/mol. The molecule has 0 aliphatic carbocycles. The minimum atomic E-state index is 0.0612. The number of carbonyl (C=O) groups is 2. The molecular weight excluding hydrogens is 400 g/mol. The zero-order valence-corrected chi connectivity index (χ0v) is 18.0. The second-order valence-corrected chi connectivity index (χ2v) is 9.36. The molecule has 2 aromatic heterocycles. The molecule has 3 atom stereocenters. The van der Waals surface area contributed by atoms with Crippen LogP contribution < -0.4 is 0 Å². The molecule has 0 unspecified atom stereocenters. The van der Waals surface area contributed by atoms with Gasteiger partial charge in [-0.05, 0) is 55.4 Å². The molecule has 3 aromatic rings. The average Bonchev–Trinajstić information content (AvgIpc) is 2.84. The summed E-state index contributed by atoms with van der Waals surface area (Å²) in [6, 6.07) is 15.8. The van der Waals surface area contributed by atoms with Crippen molar-refractivity contribution in [2.45, 2.75) is 31.7 Å². The van der Waals surface area contributed by atoms with Gasteiger partial charge >= 0.3 is 0 Å². The van der Waals surface area contributed by atoms with Crippen LogP contribution in [0, 0.1) is 11.8 Å². The highest BCUT2D eigenvalue weighted by molar-refractivity contribution is 6.07. The van der Waals surface area contributed by atoms with E-state index in [9.17, 15) is 9.59 Å². The first-order chi connectivity index (χ1) is 15.7. The van der Waals surface area contributed by atoms with Crippen LogP contribution in [0.2, 0.25) is 0 Å². The van der Waals surface area contributed by atoms with Crippen LogP contribution in [0.1, 0.15) is 36.0 Å². The first kappa shape index (κ1) is 19.4. The van der Waals surface area contributed by atoms with Crippen molar-refractivity contribution in [1.82, 2.24) is 19.8 Å². The fourth-order valence-electron chi connectivity index (χ4n) is 5.94. The molecule has 6 heteroatoms. The number of carbonyl (C=O) groups excluding carboxylic acids is 2. The average molecular weight is 427 g/mol. The van der Waals surface area contributed by atoms with Crippen LogP contribution in [-0.4, -0.2) is 57.3 Å². The summed E-state index contributed by atoms with van der Waals surface area (Å²) in [6.07, 6.45) is 5.58. The molecule has 0 saturated carbocycles. The molecule has 2 amide bonds. The Morgan fingerprint density at radius 3 is 2.75 bits per heavy atom. The number of benzene rings is 1. The van der Waals surface area contributed by atoms with Crippen LogP contribution in [0.4, 0.5) is 0 Å². The maximum Gasteiger partial charge on any atom is 0.254 e. The predicted octanol–water partition coefficient (Wildman–Crippen LogP) is 3.77. The Morgan fingerprint density at radius 1 is 1.00 bits per heavy atom. The molecule has 32 heavy (non-hydrogen) atoms. The van der Waals surface area contributed by atoms with Gasteiger partial charge in [-0.2, -0.15) is 0 Å². The van der Waals surface area contributed by atoms with Gasteiger partial charge in [0.1, 0.15) is 0 Å². The van der Waals surface area contributed by atoms with E-state index in [0.717, 1.165) is 48.9 Å². The number of hydrogen-bond donors (Lipinski definition) is 0. The quantitative estimate of drug-likeness (QED) is 0.626. The van der Waals surface area contributed by atoms with Gasteiger partial charge in [0.05, 0.1) is 22.5 Å². The van der Waals surface area contributed by atoms with Crippen molar-refractivity contribution in [2.75, 3.05) is 19.6 Å². The summed E-state index contributed by atoms with van der Waals surface area (Å²) >= 11 is 0. The van der Waals surface area contributed by atoms with Gasteiger partial charge in [0.25, 0.3) is 5.91 Å². The molecule has 3 aliphatic heterocycles. The third-order valence-corrected chi connectivity index (χ3v) is 7.34. The number of likely N-dealkylation sites (tertiary alicyclic amines) is 1. The highest BCUT2D eigenvalue weighted by Crippen LogP contribution is 2.38. The number of aromatic nitrogens is 2. The van der Waals surface area contributed by atoms with Gasteiger partial charge < -0.3 is 9.80 Å². The summed E-state index contributed by atoms with van der Waals surface area (Å²) < 4.78 is 0. The third kappa shape index (κ3) is 3.25. The normalized spacial score (nSPS) is 25.0. The number of hydrogen-bond acceptors (Lipinski definition) is 4. The first-order valence-electron chi connectivity index (χ1n) is 11.6. The van der Waals surface area contributed by atoms with Gasteiger partial charge in [0.2, 0.25) is 5.91 Å². The van der Waals surface area contributed by atoms with E-state index in [-0.39, 0.29) is 5.91 Å². The Hall–Kier alpha value is -3.28. The van der Waals surface area contributed by atoms with Crippen LogP contribution >= 0.6 is 0 Å². The molecule has 0 N–H and O–H groups in total. The fourth-order valence-corrected chi connectivity index (χ4v) is 5.94. The van der Waals surface area contributed by atoms with Gasteiger partial charge in [-0.25, -0.2) is 4.98 Å². The van der Waals surface area contributed by atoms with E-state index in [2.05, 4.69) is 9.88 Å². The van der Waals surface area contributed by atoms with Crippen molar-refractivity contribution >= 4 is 22.7 Å². The standard InChI is InChI=1S/C26H26N4O2/c31-25-10-5-9-24-18-12-17(15-30(24)25)14-29(16-18)26(32)20-13-23(22-8-3-4-11-27-22)28-21-7-2-1-6-19(20)21/h1-4,6-8,11,13,17-18,24H,5,9-10,12,14-16H2/t17-,18+,24+/m1/s1. The zero-order valence-electron chi connectivity index (χ0n) is 18.0. The summed E-state index contributed by atoms with van der Waals surface area (Å²) in [6.45, 7) is 2.22.